The lowest BCUT2D eigenvalue weighted by molar-refractivity contribution is 0.257. The van der Waals surface area contributed by atoms with Crippen molar-refractivity contribution in [2.24, 2.45) is 0 Å². The number of rotatable bonds is 4. The maximum absolute atomic E-state index is 3.52. The number of benzene rings is 1. The highest BCUT2D eigenvalue weighted by Gasteiger charge is 2.17. The highest BCUT2D eigenvalue weighted by atomic mass is 35.5. The van der Waals surface area contributed by atoms with E-state index in [0.717, 1.165) is 19.5 Å². The summed E-state index contributed by atoms with van der Waals surface area (Å²) < 4.78 is 0. The average Bonchev–Trinajstić information content (AvgIpc) is 3.09. The van der Waals surface area contributed by atoms with Gasteiger partial charge in [0.1, 0.15) is 0 Å². The fourth-order valence-electron chi connectivity index (χ4n) is 2.69. The molecule has 0 saturated carbocycles. The minimum Gasteiger partial charge on any atom is -0.384 e. The molecule has 0 saturated heterocycles. The Bertz CT molecular complexity index is 554. The molecule has 0 amide bonds. The SMILES string of the molecule is CC(c1cccs1)N(C)Cc1cccc2c1NCC2.Cl. The molecule has 20 heavy (non-hydrogen) atoms. The highest BCUT2D eigenvalue weighted by molar-refractivity contribution is 7.10. The van der Waals surface area contributed by atoms with Gasteiger partial charge in [-0.15, -0.1) is 23.7 Å². The molecule has 108 valence electrons. The van der Waals surface area contributed by atoms with Gasteiger partial charge in [-0.1, -0.05) is 24.3 Å². The van der Waals surface area contributed by atoms with Crippen molar-refractivity contribution in [3.63, 3.8) is 0 Å². The van der Waals surface area contributed by atoms with Gasteiger partial charge in [0.15, 0.2) is 0 Å². The minimum atomic E-state index is 0. The molecule has 1 atom stereocenters. The lowest BCUT2D eigenvalue weighted by atomic mass is 10.1. The Morgan fingerprint density at radius 1 is 1.30 bits per heavy atom. The highest BCUT2D eigenvalue weighted by Crippen LogP contribution is 2.30. The zero-order chi connectivity index (χ0) is 13.2. The van der Waals surface area contributed by atoms with Gasteiger partial charge >= 0.3 is 0 Å². The smallest absolute Gasteiger partial charge is 0.0419 e. The van der Waals surface area contributed by atoms with Gasteiger partial charge in [0.25, 0.3) is 0 Å². The van der Waals surface area contributed by atoms with Gasteiger partial charge in [-0.25, -0.2) is 0 Å². The van der Waals surface area contributed by atoms with Crippen LogP contribution in [0.25, 0.3) is 0 Å². The van der Waals surface area contributed by atoms with Gasteiger partial charge < -0.3 is 5.32 Å². The Balaban J connectivity index is 0.00000147. The molecule has 1 N–H and O–H groups in total. The molecule has 0 radical (unpaired) electrons. The van der Waals surface area contributed by atoms with Crippen molar-refractivity contribution < 1.29 is 0 Å². The first-order valence-corrected chi connectivity index (χ1v) is 7.72. The second-order valence-corrected chi connectivity index (χ2v) is 6.21. The van der Waals surface area contributed by atoms with Crippen molar-refractivity contribution in [2.75, 3.05) is 18.9 Å². The van der Waals surface area contributed by atoms with E-state index in [0.29, 0.717) is 6.04 Å². The lowest BCUT2D eigenvalue weighted by Gasteiger charge is -2.25. The monoisotopic (exact) mass is 308 g/mol. The summed E-state index contributed by atoms with van der Waals surface area (Å²) in [5.41, 5.74) is 4.25. The molecule has 1 aliphatic heterocycles. The van der Waals surface area contributed by atoms with Crippen LogP contribution in [0, 0.1) is 0 Å². The van der Waals surface area contributed by atoms with Crippen LogP contribution in [0.3, 0.4) is 0 Å². The Hall–Kier alpha value is -1.03. The summed E-state index contributed by atoms with van der Waals surface area (Å²) in [6.07, 6.45) is 1.16. The van der Waals surface area contributed by atoms with Crippen LogP contribution in [-0.2, 0) is 13.0 Å². The van der Waals surface area contributed by atoms with E-state index in [1.165, 1.54) is 21.7 Å². The zero-order valence-electron chi connectivity index (χ0n) is 11.9. The maximum atomic E-state index is 3.52. The number of fused-ring (bicyclic) bond motifs is 1. The minimum absolute atomic E-state index is 0. The predicted octanol–water partition coefficient (Wildman–Crippen LogP) is 4.33. The number of hydrogen-bond donors (Lipinski definition) is 1. The van der Waals surface area contributed by atoms with Crippen molar-refractivity contribution in [1.29, 1.82) is 0 Å². The molecule has 0 spiro atoms. The summed E-state index contributed by atoms with van der Waals surface area (Å²) >= 11 is 1.84. The molecule has 2 aromatic rings. The molecule has 0 aliphatic carbocycles. The first-order chi connectivity index (χ1) is 9.25. The van der Waals surface area contributed by atoms with E-state index in [9.17, 15) is 0 Å². The fourth-order valence-corrected chi connectivity index (χ4v) is 3.54. The summed E-state index contributed by atoms with van der Waals surface area (Å²) in [4.78, 5) is 3.85. The molecule has 2 heterocycles. The van der Waals surface area contributed by atoms with E-state index in [1.807, 2.05) is 11.3 Å². The summed E-state index contributed by atoms with van der Waals surface area (Å²) in [6.45, 7) is 4.36. The predicted molar refractivity (Wildman–Crippen MR) is 90.1 cm³/mol. The van der Waals surface area contributed by atoms with Crippen LogP contribution in [-0.4, -0.2) is 18.5 Å². The lowest BCUT2D eigenvalue weighted by Crippen LogP contribution is -2.21. The van der Waals surface area contributed by atoms with Crippen LogP contribution >= 0.6 is 23.7 Å². The fraction of sp³-hybridized carbons (Fsp3) is 0.375. The number of nitrogens with one attached hydrogen (secondary N) is 1. The first-order valence-electron chi connectivity index (χ1n) is 6.84. The topological polar surface area (TPSA) is 15.3 Å². The van der Waals surface area contributed by atoms with Gasteiger partial charge in [0.05, 0.1) is 0 Å². The molecular weight excluding hydrogens is 288 g/mol. The quantitative estimate of drug-likeness (QED) is 0.904. The third-order valence-corrected chi connectivity index (χ3v) is 5.01. The summed E-state index contributed by atoms with van der Waals surface area (Å²) in [5.74, 6) is 0. The van der Waals surface area contributed by atoms with E-state index in [1.54, 1.807) is 0 Å². The molecule has 2 nitrogen and oxygen atoms in total. The zero-order valence-corrected chi connectivity index (χ0v) is 13.6. The van der Waals surface area contributed by atoms with Crippen LogP contribution in [0.15, 0.2) is 35.7 Å². The normalized spacial score (nSPS) is 14.6. The van der Waals surface area contributed by atoms with Crippen molar-refractivity contribution in [3.8, 4) is 0 Å². The molecule has 1 aromatic carbocycles. The van der Waals surface area contributed by atoms with Gasteiger partial charge in [-0.05, 0) is 43.0 Å². The Morgan fingerprint density at radius 3 is 2.90 bits per heavy atom. The number of halogens is 1. The molecule has 0 bridgehead atoms. The van der Waals surface area contributed by atoms with Crippen LogP contribution < -0.4 is 5.32 Å². The number of hydrogen-bond acceptors (Lipinski definition) is 3. The van der Waals surface area contributed by atoms with Crippen molar-refractivity contribution >= 4 is 29.4 Å². The molecule has 1 aliphatic rings. The summed E-state index contributed by atoms with van der Waals surface area (Å²) in [7, 11) is 2.21. The number of para-hydroxylation sites is 1. The van der Waals surface area contributed by atoms with E-state index >= 15 is 0 Å². The molecule has 3 rings (SSSR count). The first kappa shape index (κ1) is 15.4. The van der Waals surface area contributed by atoms with Crippen molar-refractivity contribution in [2.45, 2.75) is 25.9 Å². The molecule has 1 unspecified atom stereocenters. The maximum Gasteiger partial charge on any atom is 0.0419 e. The standard InChI is InChI=1S/C16H20N2S.ClH/c1-12(15-7-4-10-19-15)18(2)11-14-6-3-5-13-8-9-17-16(13)14;/h3-7,10,12,17H,8-9,11H2,1-2H3;1H. The number of anilines is 1. The van der Waals surface area contributed by atoms with E-state index in [4.69, 9.17) is 0 Å². The van der Waals surface area contributed by atoms with Crippen LogP contribution in [0.4, 0.5) is 5.69 Å². The van der Waals surface area contributed by atoms with Crippen LogP contribution in [0.1, 0.15) is 29.0 Å². The van der Waals surface area contributed by atoms with Crippen molar-refractivity contribution in [1.82, 2.24) is 4.90 Å². The molecule has 1 aromatic heterocycles. The van der Waals surface area contributed by atoms with Gasteiger partial charge in [-0.3, -0.25) is 4.90 Å². The van der Waals surface area contributed by atoms with Gasteiger partial charge in [0, 0.05) is 29.7 Å². The number of nitrogens with zero attached hydrogens (tertiary/aromatic N) is 1. The second-order valence-electron chi connectivity index (χ2n) is 5.23. The number of thiophene rings is 1. The Kier molecular flexibility index (Phi) is 5.08. The summed E-state index contributed by atoms with van der Waals surface area (Å²) in [5, 5.41) is 5.68. The largest absolute Gasteiger partial charge is 0.384 e. The van der Waals surface area contributed by atoms with Gasteiger partial charge in [-0.2, -0.15) is 0 Å². The second kappa shape index (κ2) is 6.61. The summed E-state index contributed by atoms with van der Waals surface area (Å²) in [6, 6.07) is 11.5. The molecule has 4 heteroatoms. The molecular formula is C16H21ClN2S. The van der Waals surface area contributed by atoms with E-state index in [2.05, 4.69) is 59.9 Å². The van der Waals surface area contributed by atoms with Crippen LogP contribution in [0.2, 0.25) is 0 Å². The van der Waals surface area contributed by atoms with Crippen molar-refractivity contribution in [3.05, 3.63) is 51.7 Å². The molecule has 0 fully saturated rings. The Morgan fingerprint density at radius 2 is 2.15 bits per heavy atom. The van der Waals surface area contributed by atoms with E-state index < -0.39 is 0 Å². The third kappa shape index (κ3) is 3.00. The average molecular weight is 309 g/mol. The van der Waals surface area contributed by atoms with Gasteiger partial charge in [0.2, 0.25) is 0 Å². The van der Waals surface area contributed by atoms with E-state index in [-0.39, 0.29) is 12.4 Å². The van der Waals surface area contributed by atoms with Crippen LogP contribution in [0.5, 0.6) is 0 Å². The third-order valence-electron chi connectivity index (χ3n) is 3.97. The Labute approximate surface area is 131 Å².